The monoisotopic (exact) mass is 157 g/mol. The molecule has 0 bridgehead atoms. The fourth-order valence-corrected chi connectivity index (χ4v) is 0.798. The van der Waals surface area contributed by atoms with Crippen molar-refractivity contribution in [3.05, 3.63) is 0 Å². The first-order valence-corrected chi connectivity index (χ1v) is 3.66. The van der Waals surface area contributed by atoms with Crippen LogP contribution in [0.5, 0.6) is 0 Å². The Morgan fingerprint density at radius 3 is 2.50 bits per heavy atom. The van der Waals surface area contributed by atoms with Crippen molar-refractivity contribution in [1.29, 1.82) is 0 Å². The van der Waals surface area contributed by atoms with Gasteiger partial charge < -0.3 is 0 Å². The van der Waals surface area contributed by atoms with Crippen molar-refractivity contribution < 1.29 is 8.76 Å². The van der Waals surface area contributed by atoms with Gasteiger partial charge in [0, 0.05) is 19.5 Å². The van der Waals surface area contributed by atoms with Crippen LogP contribution in [0.3, 0.4) is 0 Å². The Kier molecular flexibility index (Phi) is 4.45. The number of rotatable bonds is 3. The molecule has 5 heteroatoms. The molecule has 0 amide bonds. The second-order valence-electron chi connectivity index (χ2n) is 1.27. The first kappa shape index (κ1) is 8.36. The van der Waals surface area contributed by atoms with Gasteiger partial charge in [-0.15, -0.1) is 11.6 Å². The lowest BCUT2D eigenvalue weighted by molar-refractivity contribution is 0.463. The smallest absolute Gasteiger partial charge is 0.234 e. The van der Waals surface area contributed by atoms with Gasteiger partial charge in [-0.1, -0.05) is 0 Å². The third-order valence-corrected chi connectivity index (χ3v) is 1.55. The van der Waals surface area contributed by atoms with Gasteiger partial charge in [0.25, 0.3) is 0 Å². The van der Waals surface area contributed by atoms with Crippen LogP contribution in [0.25, 0.3) is 0 Å². The second-order valence-corrected chi connectivity index (χ2v) is 2.73. The number of nitrogens with zero attached hydrogens (tertiary/aromatic N) is 1. The molecule has 8 heavy (non-hydrogen) atoms. The van der Waals surface area contributed by atoms with Gasteiger partial charge >= 0.3 is 0 Å². The van der Waals surface area contributed by atoms with E-state index in [4.69, 9.17) is 16.2 Å². The lowest BCUT2D eigenvalue weighted by Crippen LogP contribution is -2.22. The minimum Gasteiger partial charge on any atom is -0.294 e. The molecular formula is C3H8ClNO2S. The van der Waals surface area contributed by atoms with E-state index in [0.717, 1.165) is 0 Å². The molecule has 0 aromatic rings. The normalized spacial score (nSPS) is 14.5. The topological polar surface area (TPSA) is 40.5 Å². The van der Waals surface area contributed by atoms with Crippen LogP contribution in [0.15, 0.2) is 0 Å². The average molecular weight is 158 g/mol. The van der Waals surface area contributed by atoms with Crippen LogP contribution in [-0.2, 0) is 11.3 Å². The summed E-state index contributed by atoms with van der Waals surface area (Å²) in [7, 11) is 1.53. The van der Waals surface area contributed by atoms with Gasteiger partial charge in [-0.3, -0.25) is 4.55 Å². The molecule has 0 saturated carbocycles. The molecule has 0 aliphatic heterocycles. The number of hydrogen-bond donors (Lipinski definition) is 1. The molecule has 50 valence electrons. The van der Waals surface area contributed by atoms with Crippen LogP contribution in [0.1, 0.15) is 0 Å². The van der Waals surface area contributed by atoms with E-state index in [1.165, 1.54) is 11.4 Å². The van der Waals surface area contributed by atoms with E-state index in [9.17, 15) is 4.21 Å². The van der Waals surface area contributed by atoms with Gasteiger partial charge in [0.15, 0.2) is 0 Å². The molecule has 3 nitrogen and oxygen atoms in total. The average Bonchev–Trinajstić information content (AvgIpc) is 1.67. The third kappa shape index (κ3) is 3.37. The highest BCUT2D eigenvalue weighted by Crippen LogP contribution is 1.86. The van der Waals surface area contributed by atoms with E-state index < -0.39 is 11.3 Å². The fourth-order valence-electron chi connectivity index (χ4n) is 0.197. The van der Waals surface area contributed by atoms with Crippen molar-refractivity contribution in [3.63, 3.8) is 0 Å². The quantitative estimate of drug-likeness (QED) is 0.473. The Bertz CT molecular complexity index is 89.4. The van der Waals surface area contributed by atoms with Gasteiger partial charge in [-0.05, 0) is 0 Å². The summed E-state index contributed by atoms with van der Waals surface area (Å²) in [6, 6.07) is 0. The van der Waals surface area contributed by atoms with Crippen LogP contribution in [0.2, 0.25) is 0 Å². The zero-order valence-corrected chi connectivity index (χ0v) is 6.08. The van der Waals surface area contributed by atoms with Gasteiger partial charge in [0.05, 0.1) is 0 Å². The molecule has 0 aromatic heterocycles. The minimum atomic E-state index is -1.86. The second kappa shape index (κ2) is 4.26. The third-order valence-electron chi connectivity index (χ3n) is 0.666. The highest BCUT2D eigenvalue weighted by atomic mass is 35.5. The van der Waals surface area contributed by atoms with Crippen LogP contribution in [0.4, 0.5) is 0 Å². The molecule has 0 radical (unpaired) electrons. The van der Waals surface area contributed by atoms with Gasteiger partial charge in [-0.2, -0.15) is 0 Å². The van der Waals surface area contributed by atoms with Crippen molar-refractivity contribution in [3.8, 4) is 0 Å². The first-order chi connectivity index (χ1) is 3.68. The first-order valence-electron chi connectivity index (χ1n) is 2.06. The van der Waals surface area contributed by atoms with Crippen LogP contribution < -0.4 is 0 Å². The van der Waals surface area contributed by atoms with E-state index in [0.29, 0.717) is 12.4 Å². The fraction of sp³-hybridized carbons (Fsp3) is 1.00. The highest BCUT2D eigenvalue weighted by molar-refractivity contribution is 7.76. The zero-order valence-electron chi connectivity index (χ0n) is 4.50. The van der Waals surface area contributed by atoms with E-state index in [-0.39, 0.29) is 0 Å². The molecule has 0 aliphatic carbocycles. The predicted molar refractivity (Wildman–Crippen MR) is 34.1 cm³/mol. The Labute approximate surface area is 56.0 Å². The van der Waals surface area contributed by atoms with E-state index in [2.05, 4.69) is 0 Å². The molecule has 0 aliphatic rings. The van der Waals surface area contributed by atoms with Crippen LogP contribution in [-0.4, -0.2) is 32.5 Å². The maximum atomic E-state index is 10.1. The van der Waals surface area contributed by atoms with E-state index >= 15 is 0 Å². The van der Waals surface area contributed by atoms with E-state index in [1.807, 2.05) is 0 Å². The molecule has 0 spiro atoms. The predicted octanol–water partition coefficient (Wildman–Crippen LogP) is 0.294. The number of hydrogen-bond acceptors (Lipinski definition) is 1. The summed E-state index contributed by atoms with van der Waals surface area (Å²) in [6.45, 7) is 0.435. The van der Waals surface area contributed by atoms with Crippen molar-refractivity contribution in [2.24, 2.45) is 0 Å². The van der Waals surface area contributed by atoms with Crippen molar-refractivity contribution in [2.45, 2.75) is 0 Å². The lowest BCUT2D eigenvalue weighted by Gasteiger charge is -2.06. The lowest BCUT2D eigenvalue weighted by atomic mass is 10.8. The zero-order chi connectivity index (χ0) is 6.57. The Hall–Kier alpha value is 0.360. The molecule has 1 atom stereocenters. The van der Waals surface area contributed by atoms with Crippen LogP contribution in [0, 0.1) is 0 Å². The SMILES string of the molecule is CN(CCCl)S(=O)O. The summed E-state index contributed by atoms with van der Waals surface area (Å²) in [4.78, 5) is 0. The highest BCUT2D eigenvalue weighted by Gasteiger charge is 1.99. The minimum absolute atomic E-state index is 0.378. The molecule has 0 rings (SSSR count). The summed E-state index contributed by atoms with van der Waals surface area (Å²) in [5.41, 5.74) is 0. The maximum absolute atomic E-state index is 10.1. The summed E-state index contributed by atoms with van der Waals surface area (Å²) >= 11 is 3.39. The molecule has 0 fully saturated rings. The largest absolute Gasteiger partial charge is 0.294 e. The Morgan fingerprint density at radius 1 is 1.88 bits per heavy atom. The summed E-state index contributed by atoms with van der Waals surface area (Å²) in [5, 5.41) is 0. The van der Waals surface area contributed by atoms with Crippen molar-refractivity contribution >= 4 is 22.9 Å². The molecular weight excluding hydrogens is 150 g/mol. The molecule has 0 heterocycles. The molecule has 1 unspecified atom stereocenters. The summed E-state index contributed by atoms with van der Waals surface area (Å²) in [5.74, 6) is 0.378. The van der Waals surface area contributed by atoms with Crippen molar-refractivity contribution in [1.82, 2.24) is 4.31 Å². The Balaban J connectivity index is 3.32. The molecule has 0 aromatic carbocycles. The van der Waals surface area contributed by atoms with Gasteiger partial charge in [-0.25, -0.2) is 8.51 Å². The summed E-state index contributed by atoms with van der Waals surface area (Å²) in [6.07, 6.45) is 0. The molecule has 1 N–H and O–H groups in total. The maximum Gasteiger partial charge on any atom is 0.234 e. The molecule has 0 saturated heterocycles. The van der Waals surface area contributed by atoms with Crippen LogP contribution >= 0.6 is 11.6 Å². The standard InChI is InChI=1S/C3H8ClNO2S/c1-5(3-2-4)8(6)7/h2-3H2,1H3,(H,6,7). The van der Waals surface area contributed by atoms with E-state index in [1.54, 1.807) is 0 Å². The van der Waals surface area contributed by atoms with Gasteiger partial charge in [0.2, 0.25) is 11.3 Å². The van der Waals surface area contributed by atoms with Crippen molar-refractivity contribution in [2.75, 3.05) is 19.5 Å². The summed E-state index contributed by atoms with van der Waals surface area (Å²) < 4.78 is 19.6. The Morgan fingerprint density at radius 2 is 2.38 bits per heavy atom. The number of halogens is 1. The number of alkyl halides is 1. The van der Waals surface area contributed by atoms with Gasteiger partial charge in [0.1, 0.15) is 0 Å².